The van der Waals surface area contributed by atoms with Crippen molar-refractivity contribution in [2.24, 2.45) is 0 Å². The third-order valence-corrected chi connectivity index (χ3v) is 5.66. The van der Waals surface area contributed by atoms with Crippen LogP contribution in [0, 0.1) is 0 Å². The highest BCUT2D eigenvalue weighted by Gasteiger charge is 2.37. The average molecular weight is 481 g/mol. The second kappa shape index (κ2) is 8.91. The Kier molecular flexibility index (Phi) is 6.68. The van der Waals surface area contributed by atoms with E-state index in [0.717, 1.165) is 17.8 Å². The van der Waals surface area contributed by atoms with Crippen LogP contribution in [0.4, 0.5) is 29.3 Å². The third kappa shape index (κ3) is 5.11. The van der Waals surface area contributed by atoms with Gasteiger partial charge in [-0.15, -0.1) is 0 Å². The van der Waals surface area contributed by atoms with Gasteiger partial charge in [0.05, 0.1) is 22.2 Å². The van der Waals surface area contributed by atoms with Gasteiger partial charge in [-0.05, 0) is 30.5 Å². The number of rotatable bonds is 3. The minimum atomic E-state index is -4.78. The number of fused-ring (bicyclic) bond motifs is 1. The lowest BCUT2D eigenvalue weighted by Gasteiger charge is -2.30. The summed E-state index contributed by atoms with van der Waals surface area (Å²) in [6.45, 7) is 0.398. The number of aryl methyl sites for hydroxylation is 1. The van der Waals surface area contributed by atoms with Gasteiger partial charge in [0.2, 0.25) is 18.3 Å². The van der Waals surface area contributed by atoms with Crippen LogP contribution in [0.25, 0.3) is 0 Å². The van der Waals surface area contributed by atoms with E-state index >= 15 is 0 Å². The van der Waals surface area contributed by atoms with E-state index in [4.69, 9.17) is 23.2 Å². The molecule has 12 heteroatoms. The molecule has 1 aromatic heterocycles. The first kappa shape index (κ1) is 22.5. The van der Waals surface area contributed by atoms with Gasteiger partial charge in [-0.2, -0.15) is 13.2 Å². The smallest absolute Gasteiger partial charge is 0.324 e. The van der Waals surface area contributed by atoms with E-state index in [9.17, 15) is 28.0 Å². The monoisotopic (exact) mass is 480 g/mol. The van der Waals surface area contributed by atoms with Gasteiger partial charge >= 0.3 is 6.18 Å². The van der Waals surface area contributed by atoms with Crippen LogP contribution in [0.5, 0.6) is 0 Å². The van der Waals surface area contributed by atoms with Crippen LogP contribution in [0.1, 0.15) is 17.5 Å². The number of anilines is 2. The summed E-state index contributed by atoms with van der Waals surface area (Å²) < 4.78 is 39.5. The number of carbonyl (C=O) groups is 2. The van der Waals surface area contributed by atoms with Crippen molar-refractivity contribution in [2.75, 3.05) is 22.5 Å². The summed E-state index contributed by atoms with van der Waals surface area (Å²) in [5.74, 6) is -1.20. The average Bonchev–Trinajstić information content (AvgIpc) is 2.66. The maximum Gasteiger partial charge on any atom is 0.424 e. The van der Waals surface area contributed by atoms with E-state index in [-0.39, 0.29) is 4.73 Å². The molecule has 2 aromatic rings. The van der Waals surface area contributed by atoms with Crippen molar-refractivity contribution in [1.82, 2.24) is 0 Å². The Morgan fingerprint density at radius 2 is 2.03 bits per heavy atom. The van der Waals surface area contributed by atoms with Crippen molar-refractivity contribution in [3.8, 4) is 0 Å². The van der Waals surface area contributed by atoms with Gasteiger partial charge in [-0.3, -0.25) is 14.8 Å². The molecule has 0 radical (unpaired) electrons. The van der Waals surface area contributed by atoms with E-state index in [2.05, 4.69) is 5.32 Å². The molecule has 1 aliphatic rings. The number of benzene rings is 1. The fourth-order valence-electron chi connectivity index (χ4n) is 3.05. The molecule has 0 aliphatic carbocycles. The molecule has 0 bridgehead atoms. The fourth-order valence-corrected chi connectivity index (χ4v) is 4.35. The molecule has 0 saturated heterocycles. The molecule has 0 saturated carbocycles. The Morgan fingerprint density at radius 1 is 1.30 bits per heavy atom. The van der Waals surface area contributed by atoms with Gasteiger partial charge in [-0.1, -0.05) is 35.0 Å². The lowest BCUT2D eigenvalue weighted by Crippen LogP contribution is -2.34. The number of halogens is 5. The maximum absolute atomic E-state index is 13.1. The number of hydrogen-bond acceptors (Lipinski definition) is 4. The molecule has 30 heavy (non-hydrogen) atoms. The lowest BCUT2D eigenvalue weighted by atomic mass is 10.0. The van der Waals surface area contributed by atoms with Gasteiger partial charge < -0.3 is 10.2 Å². The first-order valence-electron chi connectivity index (χ1n) is 8.60. The minimum Gasteiger partial charge on any atom is -0.324 e. The Bertz CT molecular complexity index is 1000. The van der Waals surface area contributed by atoms with Gasteiger partial charge in [0.1, 0.15) is 5.56 Å². The topological polar surface area (TPSA) is 73.5 Å². The quantitative estimate of drug-likeness (QED) is 0.489. The number of hydrogen-bond donors (Lipinski definition) is 2. The van der Waals surface area contributed by atoms with Crippen molar-refractivity contribution in [3.63, 3.8) is 0 Å². The normalized spacial score (nSPS) is 13.7. The van der Waals surface area contributed by atoms with Gasteiger partial charge in [-0.25, -0.2) is 0 Å². The lowest BCUT2D eigenvalue weighted by molar-refractivity contribution is -0.905. The molecular weight excluding hydrogens is 466 g/mol. The zero-order valence-electron chi connectivity index (χ0n) is 15.2. The molecule has 0 atom stereocenters. The number of aromatic nitrogens is 1. The van der Waals surface area contributed by atoms with Gasteiger partial charge in [0.25, 0.3) is 5.24 Å². The predicted octanol–water partition coefficient (Wildman–Crippen LogP) is 4.78. The highest BCUT2D eigenvalue weighted by Crippen LogP contribution is 2.38. The molecule has 3 rings (SSSR count). The fraction of sp³-hybridized carbons (Fsp3) is 0.278. The Morgan fingerprint density at radius 3 is 2.73 bits per heavy atom. The number of carbonyl (C=O) groups excluding carboxylic acids is 2. The minimum absolute atomic E-state index is 0.237. The SMILES string of the molecule is O=C(CSC(=O)N1CCCc2cc(Cl)cc(Cl)c21)Nc1cc[n+](O)cc1C(F)(F)F. The number of thioether (sulfide) groups is 1. The second-order valence-electron chi connectivity index (χ2n) is 6.40. The van der Waals surface area contributed by atoms with Crippen LogP contribution >= 0.6 is 35.0 Å². The van der Waals surface area contributed by atoms with Crippen LogP contribution in [-0.2, 0) is 17.4 Å². The summed E-state index contributed by atoms with van der Waals surface area (Å²) in [5.41, 5.74) is -0.397. The van der Waals surface area contributed by atoms with Gasteiger partial charge in [0, 0.05) is 22.4 Å². The first-order valence-corrected chi connectivity index (χ1v) is 10.3. The van der Waals surface area contributed by atoms with E-state index in [1.54, 1.807) is 6.07 Å². The largest absolute Gasteiger partial charge is 0.424 e. The highest BCUT2D eigenvalue weighted by molar-refractivity contribution is 8.14. The summed E-state index contributed by atoms with van der Waals surface area (Å²) >= 11 is 12.9. The molecule has 1 aromatic carbocycles. The summed E-state index contributed by atoms with van der Waals surface area (Å²) in [6, 6.07) is 4.16. The summed E-state index contributed by atoms with van der Waals surface area (Å²) in [6.07, 6.45) is -2.02. The first-order chi connectivity index (χ1) is 14.1. The molecule has 1 aliphatic heterocycles. The van der Waals surface area contributed by atoms with Crippen molar-refractivity contribution >= 4 is 57.5 Å². The number of nitrogens with one attached hydrogen (secondary N) is 1. The van der Waals surface area contributed by atoms with E-state index in [1.807, 2.05) is 0 Å². The molecule has 0 unspecified atom stereocenters. The van der Waals surface area contributed by atoms with Crippen molar-refractivity contribution in [1.29, 1.82) is 0 Å². The molecule has 0 spiro atoms. The zero-order valence-corrected chi connectivity index (χ0v) is 17.5. The number of nitrogens with zero attached hydrogens (tertiary/aromatic N) is 2. The number of alkyl halides is 3. The predicted molar refractivity (Wildman–Crippen MR) is 107 cm³/mol. The second-order valence-corrected chi connectivity index (χ2v) is 8.17. The molecule has 2 amide bonds. The van der Waals surface area contributed by atoms with Crippen LogP contribution in [0.15, 0.2) is 30.6 Å². The summed E-state index contributed by atoms with van der Waals surface area (Å²) in [7, 11) is 0. The van der Waals surface area contributed by atoms with Crippen LogP contribution in [-0.4, -0.2) is 28.7 Å². The number of amides is 2. The number of pyridine rings is 1. The van der Waals surface area contributed by atoms with Crippen LogP contribution < -0.4 is 14.9 Å². The van der Waals surface area contributed by atoms with Gasteiger partial charge in [0.15, 0.2) is 0 Å². The van der Waals surface area contributed by atoms with Crippen molar-refractivity contribution < 1.29 is 32.7 Å². The standard InChI is InChI=1S/C18H14Cl2F3N3O3S/c19-11-6-10-2-1-4-26(16(10)13(20)7-11)17(28)30-9-15(27)24-14-3-5-25(29)8-12(14)18(21,22)23/h3,5-8,29H,1-2,4,9H2/p+1. The summed E-state index contributed by atoms with van der Waals surface area (Å²) in [4.78, 5) is 26.2. The Balaban J connectivity index is 1.68. The van der Waals surface area contributed by atoms with Crippen LogP contribution in [0.3, 0.4) is 0 Å². The molecule has 0 fully saturated rings. The van der Waals surface area contributed by atoms with Crippen molar-refractivity contribution in [2.45, 2.75) is 19.0 Å². The molecular formula is C18H15Cl2F3N3O3S+. The summed E-state index contributed by atoms with van der Waals surface area (Å²) in [5, 5.41) is 11.6. The third-order valence-electron chi connectivity index (χ3n) is 4.28. The Hall–Kier alpha value is -2.17. The molecule has 2 N–H and O–H groups in total. The van der Waals surface area contributed by atoms with E-state index < -0.39 is 34.3 Å². The molecule has 160 valence electrons. The highest BCUT2D eigenvalue weighted by atomic mass is 35.5. The zero-order chi connectivity index (χ0) is 22.1. The van der Waals surface area contributed by atoms with Crippen molar-refractivity contribution in [3.05, 3.63) is 51.8 Å². The Labute approximate surface area is 183 Å². The van der Waals surface area contributed by atoms with E-state index in [1.165, 1.54) is 11.0 Å². The molecule has 2 heterocycles. The van der Waals surface area contributed by atoms with E-state index in [0.29, 0.717) is 53.1 Å². The molecule has 6 nitrogen and oxygen atoms in total. The maximum atomic E-state index is 13.1. The van der Waals surface area contributed by atoms with Crippen LogP contribution in [0.2, 0.25) is 10.0 Å².